The normalized spacial score (nSPS) is 40.5. The summed E-state index contributed by atoms with van der Waals surface area (Å²) in [6.07, 6.45) is 14.6. The Hall–Kier alpha value is -0.973. The smallest absolute Gasteiger partial charge is 0.192 e. The van der Waals surface area contributed by atoms with Crippen LogP contribution >= 0.6 is 0 Å². The molecule has 0 bridgehead atoms. The van der Waals surface area contributed by atoms with Crippen LogP contribution in [0.15, 0.2) is 36.0 Å². The van der Waals surface area contributed by atoms with Crippen molar-refractivity contribution in [2.24, 2.45) is 34.5 Å². The fraction of sp³-hybridized carbons (Fsp3) is 0.781. The largest absolute Gasteiger partial charge is 0.414 e. The van der Waals surface area contributed by atoms with E-state index in [0.717, 1.165) is 30.4 Å². The Bertz CT molecular complexity index is 995. The average molecular weight is 510 g/mol. The first-order valence-corrected chi connectivity index (χ1v) is 17.6. The molecule has 1 aromatic heterocycles. The second-order valence-corrected chi connectivity index (χ2v) is 19.8. The molecule has 4 aliphatic carbocycles. The number of rotatable bonds is 4. The van der Waals surface area contributed by atoms with E-state index in [4.69, 9.17) is 4.43 Å². The first kappa shape index (κ1) is 26.6. The van der Waals surface area contributed by atoms with E-state index in [9.17, 15) is 5.11 Å². The molecule has 4 aliphatic rings. The summed E-state index contributed by atoms with van der Waals surface area (Å²) in [6.45, 7) is 19.0. The lowest BCUT2D eigenvalue weighted by Crippen LogP contribution is -2.53. The summed E-state index contributed by atoms with van der Waals surface area (Å²) >= 11 is 0. The Morgan fingerprint density at radius 3 is 2.42 bits per heavy atom. The number of hydrogen-bond donors (Lipinski definition) is 1. The number of aromatic nitrogens is 1. The van der Waals surface area contributed by atoms with Gasteiger partial charge in [-0.05, 0) is 123 Å². The summed E-state index contributed by atoms with van der Waals surface area (Å²) in [6, 6.07) is 5.98. The molecular formula is C32H51NO2Si. The molecule has 3 saturated carbocycles. The molecule has 8 atom stereocenters. The maximum atomic E-state index is 11.8. The number of pyridine rings is 1. The minimum Gasteiger partial charge on any atom is -0.414 e. The highest BCUT2D eigenvalue weighted by Gasteiger charge is 2.62. The van der Waals surface area contributed by atoms with E-state index in [0.29, 0.717) is 17.4 Å². The van der Waals surface area contributed by atoms with Gasteiger partial charge in [0.25, 0.3) is 0 Å². The third kappa shape index (κ3) is 4.09. The Labute approximate surface area is 221 Å². The van der Waals surface area contributed by atoms with E-state index in [1.165, 1.54) is 38.5 Å². The van der Waals surface area contributed by atoms with Crippen LogP contribution in [-0.2, 0) is 10.0 Å². The van der Waals surface area contributed by atoms with Crippen LogP contribution in [0.5, 0.6) is 0 Å². The quantitative estimate of drug-likeness (QED) is 0.328. The zero-order chi connectivity index (χ0) is 26.1. The van der Waals surface area contributed by atoms with Gasteiger partial charge in [0.1, 0.15) is 5.60 Å². The number of nitrogens with zero attached hydrogens (tertiary/aromatic N) is 1. The molecule has 0 radical (unpaired) electrons. The first-order chi connectivity index (χ1) is 16.7. The van der Waals surface area contributed by atoms with Gasteiger partial charge in [-0.3, -0.25) is 4.98 Å². The maximum absolute atomic E-state index is 11.8. The lowest BCUT2D eigenvalue weighted by molar-refractivity contribution is -0.107. The summed E-state index contributed by atoms with van der Waals surface area (Å²) in [5, 5.41) is 12.1. The van der Waals surface area contributed by atoms with E-state index >= 15 is 0 Å². The monoisotopic (exact) mass is 509 g/mol. The van der Waals surface area contributed by atoms with Gasteiger partial charge in [-0.25, -0.2) is 0 Å². The van der Waals surface area contributed by atoms with Crippen molar-refractivity contribution in [3.8, 4) is 0 Å². The summed E-state index contributed by atoms with van der Waals surface area (Å²) in [5.41, 5.74) is 2.20. The van der Waals surface area contributed by atoms with Crippen LogP contribution in [0.25, 0.3) is 0 Å². The van der Waals surface area contributed by atoms with Crippen molar-refractivity contribution in [3.63, 3.8) is 0 Å². The molecule has 200 valence electrons. The molecule has 1 aromatic rings. The van der Waals surface area contributed by atoms with Crippen LogP contribution in [0.1, 0.15) is 98.6 Å². The summed E-state index contributed by atoms with van der Waals surface area (Å²) in [5.74, 6) is 2.51. The molecule has 3 unspecified atom stereocenters. The third-order valence-electron chi connectivity index (χ3n) is 12.2. The predicted molar refractivity (Wildman–Crippen MR) is 151 cm³/mol. The fourth-order valence-electron chi connectivity index (χ4n) is 9.09. The van der Waals surface area contributed by atoms with E-state index in [1.807, 2.05) is 31.3 Å². The first-order valence-electron chi connectivity index (χ1n) is 14.7. The SMILES string of the molecule is CC(C)(C)[Si](C)(C)O[C@H]1CC[C@@]2(C)C(=CCC3C2CC[C@@]2(C)C3CC[C@@H]2[C@@](C)(O)c2ccccn2)C1. The standard InChI is InChI=1S/C32H51NO2Si/c1-29(2,3)36(7,8)35-23-16-18-30(4)22(21-23)12-13-24-25-14-15-27(31(25,5)19-17-26(24)30)32(6,34)28-11-9-10-20-33-28/h9-12,20,23-27,34H,13-19,21H2,1-8H3/t23-,24?,25?,26?,27-,30-,31-,32+/m0/s1. The van der Waals surface area contributed by atoms with Crippen LogP contribution in [0, 0.1) is 34.5 Å². The van der Waals surface area contributed by atoms with Gasteiger partial charge in [0.05, 0.1) is 5.69 Å². The maximum Gasteiger partial charge on any atom is 0.192 e. The highest BCUT2D eigenvalue weighted by molar-refractivity contribution is 6.74. The second-order valence-electron chi connectivity index (χ2n) is 15.0. The molecule has 0 spiro atoms. The average Bonchev–Trinajstić information content (AvgIpc) is 3.17. The van der Waals surface area contributed by atoms with Crippen LogP contribution < -0.4 is 0 Å². The lowest BCUT2D eigenvalue weighted by atomic mass is 9.46. The molecular weight excluding hydrogens is 458 g/mol. The third-order valence-corrected chi connectivity index (χ3v) is 16.7. The number of aliphatic hydroxyl groups is 1. The number of hydrogen-bond acceptors (Lipinski definition) is 3. The number of fused-ring (bicyclic) bond motifs is 5. The van der Waals surface area contributed by atoms with Gasteiger partial charge in [0.15, 0.2) is 8.32 Å². The molecule has 1 heterocycles. The molecule has 3 fully saturated rings. The van der Waals surface area contributed by atoms with Crippen LogP contribution in [0.3, 0.4) is 0 Å². The van der Waals surface area contributed by atoms with Crippen molar-refractivity contribution >= 4 is 8.32 Å². The van der Waals surface area contributed by atoms with E-state index in [2.05, 4.69) is 58.8 Å². The van der Waals surface area contributed by atoms with Crippen LogP contribution in [0.4, 0.5) is 0 Å². The summed E-state index contributed by atoms with van der Waals surface area (Å²) < 4.78 is 6.92. The molecule has 0 amide bonds. The second kappa shape index (κ2) is 8.78. The predicted octanol–water partition coefficient (Wildman–Crippen LogP) is 8.26. The van der Waals surface area contributed by atoms with Gasteiger partial charge >= 0.3 is 0 Å². The Balaban J connectivity index is 1.36. The van der Waals surface area contributed by atoms with Gasteiger partial charge in [0.2, 0.25) is 0 Å². The van der Waals surface area contributed by atoms with Crippen molar-refractivity contribution in [1.82, 2.24) is 4.98 Å². The molecule has 0 aromatic carbocycles. The Kier molecular flexibility index (Phi) is 6.49. The molecule has 1 N–H and O–H groups in total. The van der Waals surface area contributed by atoms with Crippen molar-refractivity contribution in [2.75, 3.05) is 0 Å². The van der Waals surface area contributed by atoms with Crippen molar-refractivity contribution in [3.05, 3.63) is 41.7 Å². The Morgan fingerprint density at radius 2 is 1.75 bits per heavy atom. The minimum atomic E-state index is -1.75. The van der Waals surface area contributed by atoms with Crippen LogP contribution in [-0.4, -0.2) is 24.5 Å². The summed E-state index contributed by atoms with van der Waals surface area (Å²) in [7, 11) is -1.75. The van der Waals surface area contributed by atoms with Crippen molar-refractivity contribution in [1.29, 1.82) is 0 Å². The highest BCUT2D eigenvalue weighted by Crippen LogP contribution is 2.68. The molecule has 36 heavy (non-hydrogen) atoms. The van der Waals surface area contributed by atoms with Gasteiger partial charge in [-0.15, -0.1) is 0 Å². The van der Waals surface area contributed by atoms with Gasteiger partial charge in [-0.1, -0.05) is 52.3 Å². The van der Waals surface area contributed by atoms with E-state index < -0.39 is 13.9 Å². The van der Waals surface area contributed by atoms with Crippen molar-refractivity contribution < 1.29 is 9.53 Å². The van der Waals surface area contributed by atoms with Crippen LogP contribution in [0.2, 0.25) is 18.1 Å². The lowest BCUT2D eigenvalue weighted by Gasteiger charge is -2.59. The minimum absolute atomic E-state index is 0.187. The molecule has 0 saturated heterocycles. The summed E-state index contributed by atoms with van der Waals surface area (Å²) in [4.78, 5) is 4.59. The topological polar surface area (TPSA) is 42.4 Å². The Morgan fingerprint density at radius 1 is 1.00 bits per heavy atom. The van der Waals surface area contributed by atoms with Gasteiger partial charge in [0, 0.05) is 12.3 Å². The van der Waals surface area contributed by atoms with Crippen molar-refractivity contribution in [2.45, 2.75) is 123 Å². The highest BCUT2D eigenvalue weighted by atomic mass is 28.4. The van der Waals surface area contributed by atoms with E-state index in [-0.39, 0.29) is 16.4 Å². The van der Waals surface area contributed by atoms with E-state index in [1.54, 1.807) is 5.57 Å². The number of allylic oxidation sites excluding steroid dienone is 1. The van der Waals surface area contributed by atoms with Gasteiger partial charge in [-0.2, -0.15) is 0 Å². The molecule has 5 rings (SSSR count). The zero-order valence-electron chi connectivity index (χ0n) is 24.2. The van der Waals surface area contributed by atoms with Gasteiger partial charge < -0.3 is 9.53 Å². The molecule has 3 nitrogen and oxygen atoms in total. The molecule has 0 aliphatic heterocycles. The molecule has 4 heteroatoms. The fourth-order valence-corrected chi connectivity index (χ4v) is 10.5. The zero-order valence-corrected chi connectivity index (χ0v) is 25.2.